The maximum atomic E-state index is 11.8. The lowest BCUT2D eigenvalue weighted by Crippen LogP contribution is -2.48. The Morgan fingerprint density at radius 1 is 1.67 bits per heavy atom. The summed E-state index contributed by atoms with van der Waals surface area (Å²) in [6, 6.07) is 2.02. The van der Waals surface area contributed by atoms with Crippen LogP contribution in [0.15, 0.2) is 6.07 Å². The van der Waals surface area contributed by atoms with Crippen molar-refractivity contribution in [1.29, 1.82) is 0 Å². The molecular weight excluding hydrogens is 232 g/mol. The molecule has 0 aromatic carbocycles. The number of carbonyl (C=O) groups excluding carboxylic acids is 1. The molecule has 0 bridgehead atoms. The lowest BCUT2D eigenvalue weighted by Gasteiger charge is -2.22. The molecule has 1 fully saturated rings. The second kappa shape index (κ2) is 5.97. The first kappa shape index (κ1) is 13.0. The fraction of sp³-hybridized carbons (Fsp3) is 0.667. The predicted octanol–water partition coefficient (Wildman–Crippen LogP) is -0.395. The van der Waals surface area contributed by atoms with E-state index in [2.05, 4.69) is 15.7 Å². The van der Waals surface area contributed by atoms with Gasteiger partial charge >= 0.3 is 0 Å². The topological polar surface area (TPSA) is 68.2 Å². The molecule has 0 unspecified atom stereocenters. The van der Waals surface area contributed by atoms with E-state index in [1.165, 1.54) is 0 Å². The molecule has 2 heterocycles. The summed E-state index contributed by atoms with van der Waals surface area (Å²) in [5.74, 6) is -0.0521. The van der Waals surface area contributed by atoms with Crippen molar-refractivity contribution in [2.45, 2.75) is 26.5 Å². The number of ether oxygens (including phenoxy) is 1. The molecule has 6 nitrogen and oxygen atoms in total. The summed E-state index contributed by atoms with van der Waals surface area (Å²) in [7, 11) is 0. The Morgan fingerprint density at radius 2 is 2.50 bits per heavy atom. The number of hydrogen-bond donors (Lipinski definition) is 2. The number of morpholine rings is 1. The normalized spacial score (nSPS) is 19.8. The summed E-state index contributed by atoms with van der Waals surface area (Å²) >= 11 is 0. The smallest absolute Gasteiger partial charge is 0.250 e. The fourth-order valence-electron chi connectivity index (χ4n) is 2.03. The molecule has 1 aliphatic heterocycles. The second-order valence-corrected chi connectivity index (χ2v) is 4.50. The average molecular weight is 252 g/mol. The van der Waals surface area contributed by atoms with Crippen LogP contribution in [0.2, 0.25) is 0 Å². The van der Waals surface area contributed by atoms with Gasteiger partial charge in [0.1, 0.15) is 6.10 Å². The third-order valence-corrected chi connectivity index (χ3v) is 2.95. The molecule has 6 heteroatoms. The minimum Gasteiger partial charge on any atom is -0.366 e. The van der Waals surface area contributed by atoms with Gasteiger partial charge < -0.3 is 15.4 Å². The zero-order valence-corrected chi connectivity index (χ0v) is 10.9. The van der Waals surface area contributed by atoms with Gasteiger partial charge in [0, 0.05) is 25.3 Å². The molecule has 2 N–H and O–H groups in total. The number of aromatic nitrogens is 2. The minimum absolute atomic E-state index is 0.0521. The number of hydrogen-bond acceptors (Lipinski definition) is 4. The second-order valence-electron chi connectivity index (χ2n) is 4.50. The van der Waals surface area contributed by atoms with E-state index >= 15 is 0 Å². The maximum absolute atomic E-state index is 11.8. The van der Waals surface area contributed by atoms with E-state index in [0.29, 0.717) is 26.2 Å². The Labute approximate surface area is 107 Å². The van der Waals surface area contributed by atoms with E-state index in [4.69, 9.17) is 4.74 Å². The molecule has 0 radical (unpaired) electrons. The van der Waals surface area contributed by atoms with Gasteiger partial charge in [-0.2, -0.15) is 5.10 Å². The zero-order valence-electron chi connectivity index (χ0n) is 10.9. The van der Waals surface area contributed by atoms with Crippen molar-refractivity contribution >= 4 is 5.91 Å². The molecule has 0 spiro atoms. The van der Waals surface area contributed by atoms with Crippen LogP contribution in [-0.4, -0.2) is 48.0 Å². The number of nitrogens with one attached hydrogen (secondary N) is 2. The Bertz CT molecular complexity index is 410. The number of amides is 1. The van der Waals surface area contributed by atoms with Crippen LogP contribution < -0.4 is 10.6 Å². The van der Waals surface area contributed by atoms with Crippen LogP contribution >= 0.6 is 0 Å². The third kappa shape index (κ3) is 3.30. The third-order valence-electron chi connectivity index (χ3n) is 2.95. The largest absolute Gasteiger partial charge is 0.366 e. The van der Waals surface area contributed by atoms with Crippen LogP contribution in [0.4, 0.5) is 0 Å². The number of nitrogens with zero attached hydrogens (tertiary/aromatic N) is 2. The molecule has 1 aromatic heterocycles. The van der Waals surface area contributed by atoms with Crippen LogP contribution in [0.1, 0.15) is 11.4 Å². The number of aryl methyl sites for hydroxylation is 2. The number of rotatable bonds is 4. The molecule has 1 aromatic rings. The van der Waals surface area contributed by atoms with Crippen molar-refractivity contribution in [3.05, 3.63) is 17.5 Å². The van der Waals surface area contributed by atoms with Gasteiger partial charge in [0.2, 0.25) is 0 Å². The van der Waals surface area contributed by atoms with Gasteiger partial charge in [-0.15, -0.1) is 0 Å². The summed E-state index contributed by atoms with van der Waals surface area (Å²) in [5.41, 5.74) is 2.11. The first-order valence-corrected chi connectivity index (χ1v) is 6.28. The van der Waals surface area contributed by atoms with Crippen LogP contribution in [-0.2, 0) is 16.1 Å². The fourth-order valence-corrected chi connectivity index (χ4v) is 2.03. The standard InChI is InChI=1S/C12H20N4O2/c1-9-7-10(2)16(15-9)5-3-14-12(17)11-8-13-4-6-18-11/h7,11,13H,3-6,8H2,1-2H3,(H,14,17)/t11-/m0/s1. The maximum Gasteiger partial charge on any atom is 0.250 e. The molecule has 0 aliphatic carbocycles. The molecule has 18 heavy (non-hydrogen) atoms. The summed E-state index contributed by atoms with van der Waals surface area (Å²) < 4.78 is 7.27. The lowest BCUT2D eigenvalue weighted by atomic mass is 10.3. The van der Waals surface area contributed by atoms with Gasteiger partial charge in [-0.05, 0) is 19.9 Å². The van der Waals surface area contributed by atoms with E-state index in [1.807, 2.05) is 24.6 Å². The van der Waals surface area contributed by atoms with Crippen molar-refractivity contribution in [2.24, 2.45) is 0 Å². The van der Waals surface area contributed by atoms with Crippen molar-refractivity contribution in [1.82, 2.24) is 20.4 Å². The van der Waals surface area contributed by atoms with Gasteiger partial charge in [-0.3, -0.25) is 9.48 Å². The van der Waals surface area contributed by atoms with Crippen molar-refractivity contribution < 1.29 is 9.53 Å². The van der Waals surface area contributed by atoms with Crippen molar-refractivity contribution in [3.63, 3.8) is 0 Å². The van der Waals surface area contributed by atoms with Gasteiger partial charge in [0.15, 0.2) is 0 Å². The van der Waals surface area contributed by atoms with Crippen LogP contribution in [0.25, 0.3) is 0 Å². The minimum atomic E-state index is -0.362. The predicted molar refractivity (Wildman–Crippen MR) is 67.3 cm³/mol. The SMILES string of the molecule is Cc1cc(C)n(CCNC(=O)[C@@H]2CNCCO2)n1. The highest BCUT2D eigenvalue weighted by molar-refractivity contribution is 5.81. The molecule has 1 atom stereocenters. The quantitative estimate of drug-likeness (QED) is 0.765. The van der Waals surface area contributed by atoms with Crippen LogP contribution in [0, 0.1) is 13.8 Å². The van der Waals surface area contributed by atoms with Crippen molar-refractivity contribution in [3.8, 4) is 0 Å². The molecule has 1 aliphatic rings. The molecule has 100 valence electrons. The Balaban J connectivity index is 1.74. The van der Waals surface area contributed by atoms with Crippen molar-refractivity contribution in [2.75, 3.05) is 26.2 Å². The molecule has 1 saturated heterocycles. The van der Waals surface area contributed by atoms with E-state index in [-0.39, 0.29) is 12.0 Å². The Morgan fingerprint density at radius 3 is 3.11 bits per heavy atom. The lowest BCUT2D eigenvalue weighted by molar-refractivity contribution is -0.134. The van der Waals surface area contributed by atoms with Gasteiger partial charge in [0.25, 0.3) is 5.91 Å². The van der Waals surface area contributed by atoms with E-state index in [1.54, 1.807) is 0 Å². The highest BCUT2D eigenvalue weighted by atomic mass is 16.5. The molecule has 2 rings (SSSR count). The van der Waals surface area contributed by atoms with E-state index in [0.717, 1.165) is 17.9 Å². The highest BCUT2D eigenvalue weighted by Crippen LogP contribution is 2.01. The Hall–Kier alpha value is -1.40. The van der Waals surface area contributed by atoms with Crippen LogP contribution in [0.3, 0.4) is 0 Å². The van der Waals surface area contributed by atoms with E-state index in [9.17, 15) is 4.79 Å². The van der Waals surface area contributed by atoms with Gasteiger partial charge in [-0.1, -0.05) is 0 Å². The Kier molecular flexibility index (Phi) is 4.33. The number of carbonyl (C=O) groups is 1. The van der Waals surface area contributed by atoms with Gasteiger partial charge in [0.05, 0.1) is 18.8 Å². The first-order valence-electron chi connectivity index (χ1n) is 6.28. The molecule has 0 saturated carbocycles. The van der Waals surface area contributed by atoms with Crippen LogP contribution in [0.5, 0.6) is 0 Å². The first-order chi connectivity index (χ1) is 8.66. The summed E-state index contributed by atoms with van der Waals surface area (Å²) in [6.07, 6.45) is -0.362. The summed E-state index contributed by atoms with van der Waals surface area (Å²) in [6.45, 7) is 7.22. The highest BCUT2D eigenvalue weighted by Gasteiger charge is 2.20. The molecular formula is C12H20N4O2. The summed E-state index contributed by atoms with van der Waals surface area (Å²) in [4.78, 5) is 11.8. The zero-order chi connectivity index (χ0) is 13.0. The average Bonchev–Trinajstić information content (AvgIpc) is 2.69. The van der Waals surface area contributed by atoms with Gasteiger partial charge in [-0.25, -0.2) is 0 Å². The van der Waals surface area contributed by atoms with E-state index < -0.39 is 0 Å². The monoisotopic (exact) mass is 252 g/mol. The molecule has 1 amide bonds. The summed E-state index contributed by atoms with van der Waals surface area (Å²) in [5, 5.41) is 10.3.